The normalized spacial score (nSPS) is 11.4. The molecule has 0 saturated carbocycles. The number of rotatable bonds is 1. The van der Waals surface area contributed by atoms with Gasteiger partial charge in [-0.2, -0.15) is 0 Å². The van der Waals surface area contributed by atoms with E-state index in [0.717, 1.165) is 11.1 Å². The van der Waals surface area contributed by atoms with Crippen molar-refractivity contribution in [3.63, 3.8) is 0 Å². The Bertz CT molecular complexity index is 471. The molecule has 0 saturated heterocycles. The molecule has 0 aromatic carbocycles. The Morgan fingerprint density at radius 1 is 1.43 bits per heavy atom. The lowest BCUT2D eigenvalue weighted by Gasteiger charge is -2.08. The van der Waals surface area contributed by atoms with Crippen LogP contribution in [-0.2, 0) is 0 Å². The van der Waals surface area contributed by atoms with Crippen molar-refractivity contribution in [2.45, 2.75) is 26.7 Å². The number of anilines is 1. The van der Waals surface area contributed by atoms with E-state index in [-0.39, 0.29) is 0 Å². The molecule has 2 rings (SSSR count). The number of nitrogens with two attached hydrogens (primary N) is 1. The van der Waals surface area contributed by atoms with Crippen LogP contribution in [0.2, 0.25) is 0 Å². The van der Waals surface area contributed by atoms with Crippen LogP contribution in [0.15, 0.2) is 11.4 Å². The minimum Gasteiger partial charge on any atom is -0.383 e. The zero-order valence-electron chi connectivity index (χ0n) is 8.66. The first kappa shape index (κ1) is 9.46. The number of hydrogen-bond acceptors (Lipinski definition) is 3. The van der Waals surface area contributed by atoms with Gasteiger partial charge in [0, 0.05) is 0 Å². The maximum atomic E-state index is 5.91. The van der Waals surface area contributed by atoms with Crippen LogP contribution in [0.5, 0.6) is 0 Å². The van der Waals surface area contributed by atoms with Gasteiger partial charge in [-0.25, -0.2) is 4.98 Å². The highest BCUT2D eigenvalue weighted by atomic mass is 32.1. The summed E-state index contributed by atoms with van der Waals surface area (Å²) in [5, 5.41) is 2.13. The summed E-state index contributed by atoms with van der Waals surface area (Å²) < 4.78 is 1.24. The molecule has 0 aliphatic carbocycles. The summed E-state index contributed by atoms with van der Waals surface area (Å²) in [5.74, 6) is 1.11. The van der Waals surface area contributed by atoms with Gasteiger partial charge in [-0.15, -0.1) is 11.3 Å². The molecule has 0 bridgehead atoms. The molecule has 2 aromatic heterocycles. The predicted molar refractivity (Wildman–Crippen MR) is 62.9 cm³/mol. The number of aromatic nitrogens is 1. The third-order valence-corrected chi connectivity index (χ3v) is 3.44. The summed E-state index contributed by atoms with van der Waals surface area (Å²) in [7, 11) is 0. The van der Waals surface area contributed by atoms with Crippen molar-refractivity contribution in [1.29, 1.82) is 0 Å². The first-order valence-corrected chi connectivity index (χ1v) is 5.61. The second kappa shape index (κ2) is 3.24. The first-order chi connectivity index (χ1) is 6.59. The van der Waals surface area contributed by atoms with E-state index in [1.807, 2.05) is 0 Å². The van der Waals surface area contributed by atoms with Gasteiger partial charge >= 0.3 is 0 Å². The Morgan fingerprint density at radius 2 is 2.14 bits per heavy atom. The average Bonchev–Trinajstić information content (AvgIpc) is 2.46. The van der Waals surface area contributed by atoms with E-state index in [2.05, 4.69) is 37.2 Å². The van der Waals surface area contributed by atoms with Crippen LogP contribution in [0.25, 0.3) is 10.2 Å². The number of nitrogens with zero attached hydrogens (tertiary/aromatic N) is 1. The summed E-state index contributed by atoms with van der Waals surface area (Å²) >= 11 is 1.74. The van der Waals surface area contributed by atoms with Gasteiger partial charge in [0.2, 0.25) is 0 Å². The molecule has 0 aliphatic rings. The summed E-state index contributed by atoms with van der Waals surface area (Å²) in [6.45, 7) is 6.35. The highest BCUT2D eigenvalue weighted by Crippen LogP contribution is 2.30. The minimum atomic E-state index is 0.439. The van der Waals surface area contributed by atoms with Crippen LogP contribution < -0.4 is 5.73 Å². The van der Waals surface area contributed by atoms with E-state index in [0.29, 0.717) is 11.7 Å². The molecule has 0 aliphatic heterocycles. The summed E-state index contributed by atoms with van der Waals surface area (Å²) in [5.41, 5.74) is 9.33. The van der Waals surface area contributed by atoms with Crippen molar-refractivity contribution >= 4 is 27.4 Å². The number of aryl methyl sites for hydroxylation is 1. The monoisotopic (exact) mass is 206 g/mol. The molecule has 0 radical (unpaired) electrons. The van der Waals surface area contributed by atoms with E-state index >= 15 is 0 Å². The molecule has 14 heavy (non-hydrogen) atoms. The number of nitrogen functional groups attached to an aromatic ring is 1. The molecule has 0 fully saturated rings. The molecule has 2 heterocycles. The van der Waals surface area contributed by atoms with E-state index in [1.165, 1.54) is 10.3 Å². The highest BCUT2D eigenvalue weighted by molar-refractivity contribution is 7.17. The fourth-order valence-corrected chi connectivity index (χ4v) is 2.49. The molecule has 2 nitrogen and oxygen atoms in total. The fourth-order valence-electron chi connectivity index (χ4n) is 1.57. The minimum absolute atomic E-state index is 0.439. The van der Waals surface area contributed by atoms with E-state index in [9.17, 15) is 0 Å². The average molecular weight is 206 g/mol. The molecule has 2 N–H and O–H groups in total. The van der Waals surface area contributed by atoms with Gasteiger partial charge in [0.05, 0.1) is 10.2 Å². The topological polar surface area (TPSA) is 38.9 Å². The zero-order chi connectivity index (χ0) is 10.3. The Balaban J connectivity index is 2.72. The van der Waals surface area contributed by atoms with Gasteiger partial charge in [-0.1, -0.05) is 13.8 Å². The standard InChI is InChI=1S/C11H14N2S/c1-6(2)8-4-9-10(13-11(8)12)7(3)5-14-9/h4-6H,1-3H3,(H2,12,13). The second-order valence-corrected chi connectivity index (χ2v) is 4.79. The van der Waals surface area contributed by atoms with Gasteiger partial charge in [-0.3, -0.25) is 0 Å². The van der Waals surface area contributed by atoms with Crippen molar-refractivity contribution in [3.05, 3.63) is 22.6 Å². The fraction of sp³-hybridized carbons (Fsp3) is 0.364. The maximum absolute atomic E-state index is 5.91. The quantitative estimate of drug-likeness (QED) is 0.777. The van der Waals surface area contributed by atoms with E-state index in [4.69, 9.17) is 5.73 Å². The summed E-state index contributed by atoms with van der Waals surface area (Å²) in [4.78, 5) is 4.44. The van der Waals surface area contributed by atoms with Gasteiger partial charge in [0.25, 0.3) is 0 Å². The number of hydrogen-bond donors (Lipinski definition) is 1. The number of pyridine rings is 1. The molecular formula is C11H14N2S. The van der Waals surface area contributed by atoms with Crippen LogP contribution >= 0.6 is 11.3 Å². The zero-order valence-corrected chi connectivity index (χ0v) is 9.48. The van der Waals surface area contributed by atoms with Crippen LogP contribution in [0.4, 0.5) is 5.82 Å². The van der Waals surface area contributed by atoms with Gasteiger partial charge < -0.3 is 5.73 Å². The number of thiophene rings is 1. The van der Waals surface area contributed by atoms with Gasteiger partial charge in [0.1, 0.15) is 5.82 Å². The van der Waals surface area contributed by atoms with E-state index in [1.54, 1.807) is 11.3 Å². The Hall–Kier alpha value is -1.09. The SMILES string of the molecule is Cc1csc2cc(C(C)C)c(N)nc12. The van der Waals surface area contributed by atoms with Crippen molar-refractivity contribution < 1.29 is 0 Å². The summed E-state index contributed by atoms with van der Waals surface area (Å²) in [6.07, 6.45) is 0. The van der Waals surface area contributed by atoms with Gasteiger partial charge in [0.15, 0.2) is 0 Å². The van der Waals surface area contributed by atoms with Crippen molar-refractivity contribution in [1.82, 2.24) is 4.98 Å². The molecule has 2 aromatic rings. The van der Waals surface area contributed by atoms with Crippen LogP contribution in [-0.4, -0.2) is 4.98 Å². The second-order valence-electron chi connectivity index (χ2n) is 3.88. The third-order valence-electron chi connectivity index (χ3n) is 2.41. The predicted octanol–water partition coefficient (Wildman–Crippen LogP) is 3.31. The highest BCUT2D eigenvalue weighted by Gasteiger charge is 2.09. The van der Waals surface area contributed by atoms with Crippen LogP contribution in [0.1, 0.15) is 30.9 Å². The Morgan fingerprint density at radius 3 is 2.79 bits per heavy atom. The molecule has 3 heteroatoms. The maximum Gasteiger partial charge on any atom is 0.127 e. The third kappa shape index (κ3) is 1.38. The molecule has 0 amide bonds. The molecule has 0 atom stereocenters. The Kier molecular flexibility index (Phi) is 2.19. The van der Waals surface area contributed by atoms with Crippen LogP contribution in [0.3, 0.4) is 0 Å². The lowest BCUT2D eigenvalue weighted by molar-refractivity contribution is 0.867. The first-order valence-electron chi connectivity index (χ1n) is 4.74. The molecular weight excluding hydrogens is 192 g/mol. The van der Waals surface area contributed by atoms with Crippen molar-refractivity contribution in [2.24, 2.45) is 0 Å². The largest absolute Gasteiger partial charge is 0.383 e. The molecule has 0 spiro atoms. The van der Waals surface area contributed by atoms with Crippen LogP contribution in [0, 0.1) is 6.92 Å². The molecule has 74 valence electrons. The lowest BCUT2D eigenvalue weighted by Crippen LogP contribution is -1.99. The smallest absolute Gasteiger partial charge is 0.127 e. The lowest BCUT2D eigenvalue weighted by atomic mass is 10.0. The van der Waals surface area contributed by atoms with Gasteiger partial charge in [-0.05, 0) is 35.4 Å². The van der Waals surface area contributed by atoms with E-state index < -0.39 is 0 Å². The van der Waals surface area contributed by atoms with Crippen molar-refractivity contribution in [2.75, 3.05) is 5.73 Å². The summed E-state index contributed by atoms with van der Waals surface area (Å²) in [6, 6.07) is 2.17. The van der Waals surface area contributed by atoms with Crippen molar-refractivity contribution in [3.8, 4) is 0 Å². The Labute approximate surface area is 87.8 Å². The number of fused-ring (bicyclic) bond motifs is 1. The molecule has 0 unspecified atom stereocenters.